The maximum Gasteiger partial charge on any atom is 0.534 e. The van der Waals surface area contributed by atoms with Gasteiger partial charge in [0.25, 0.3) is 0 Å². The molecule has 0 aliphatic rings. The van der Waals surface area contributed by atoms with Crippen LogP contribution in [-0.4, -0.2) is 27.9 Å². The highest BCUT2D eigenvalue weighted by Gasteiger charge is 2.49. The number of rotatable bonds is 4. The summed E-state index contributed by atoms with van der Waals surface area (Å²) in [6.45, 7) is 0. The van der Waals surface area contributed by atoms with Crippen molar-refractivity contribution in [1.82, 2.24) is 0 Å². The first kappa shape index (κ1) is 28.9. The molecule has 42 heavy (non-hydrogen) atoms. The highest BCUT2D eigenvalue weighted by Crippen LogP contribution is 2.30. The van der Waals surface area contributed by atoms with E-state index in [0.29, 0.717) is 24.3 Å². The molecular weight excluding hydrogens is 626 g/mol. The Balaban J connectivity index is 1.76. The summed E-state index contributed by atoms with van der Waals surface area (Å²) in [4.78, 5) is 52.7. The summed E-state index contributed by atoms with van der Waals surface area (Å²) in [5.41, 5.74) is -15.6. The van der Waals surface area contributed by atoms with Gasteiger partial charge in [0.1, 0.15) is 11.5 Å². The molecule has 18 heteroatoms. The van der Waals surface area contributed by atoms with Crippen LogP contribution in [0.5, 0.6) is 11.5 Å². The molecule has 0 saturated carbocycles. The van der Waals surface area contributed by atoms with Crippen molar-refractivity contribution in [3.05, 3.63) is 89.4 Å². The largest absolute Gasteiger partial charge is 0.534 e. The van der Waals surface area contributed by atoms with Gasteiger partial charge < -0.3 is 8.37 Å². The third-order valence-corrected chi connectivity index (χ3v) is 8.03. The van der Waals surface area contributed by atoms with Crippen LogP contribution in [0.2, 0.25) is 0 Å². The Hall–Kier alpha value is -4.58. The quantitative estimate of drug-likeness (QED) is 0.125. The van der Waals surface area contributed by atoms with E-state index >= 15 is 0 Å². The fraction of sp³-hybridized carbons (Fsp3) is 0.0833. The second kappa shape index (κ2) is 8.96. The van der Waals surface area contributed by atoms with E-state index in [9.17, 15) is 62.4 Å². The molecule has 0 radical (unpaired) electrons. The Labute approximate surface area is 226 Å². The molecule has 0 aliphatic heterocycles. The van der Waals surface area contributed by atoms with Gasteiger partial charge in [-0.15, -0.1) is 0 Å². The van der Waals surface area contributed by atoms with E-state index in [4.69, 9.17) is 0 Å². The van der Waals surface area contributed by atoms with Gasteiger partial charge in [0.05, 0.1) is 0 Å². The van der Waals surface area contributed by atoms with Gasteiger partial charge >= 0.3 is 31.3 Å². The van der Waals surface area contributed by atoms with Crippen molar-refractivity contribution in [2.75, 3.05) is 0 Å². The Morgan fingerprint density at radius 3 is 0.976 bits per heavy atom. The fourth-order valence-corrected chi connectivity index (χ4v) is 5.10. The predicted octanol–water partition coefficient (Wildman–Crippen LogP) is 3.07. The summed E-state index contributed by atoms with van der Waals surface area (Å²) in [5, 5.41) is -3.75. The zero-order valence-electron chi connectivity index (χ0n) is 19.8. The number of halogens is 6. The molecular formula is C24H8F6O10S2. The van der Waals surface area contributed by atoms with Crippen molar-refractivity contribution >= 4 is 63.3 Å². The topological polar surface area (TPSA) is 155 Å². The van der Waals surface area contributed by atoms with Gasteiger partial charge in [-0.05, 0) is 48.5 Å². The van der Waals surface area contributed by atoms with Gasteiger partial charge in [0, 0.05) is 43.1 Å². The zero-order chi connectivity index (χ0) is 31.2. The third-order valence-electron chi connectivity index (χ3n) is 6.08. The Kier molecular flexibility index (Phi) is 6.17. The molecule has 0 fully saturated rings. The van der Waals surface area contributed by atoms with Crippen LogP contribution in [-0.2, 0) is 20.2 Å². The molecule has 0 N–H and O–H groups in total. The average molecular weight is 634 g/mol. The minimum Gasteiger partial charge on any atom is -0.376 e. The van der Waals surface area contributed by atoms with Crippen molar-refractivity contribution in [2.45, 2.75) is 11.0 Å². The van der Waals surface area contributed by atoms with E-state index in [2.05, 4.69) is 8.37 Å². The summed E-state index contributed by atoms with van der Waals surface area (Å²) < 4.78 is 130. The molecule has 0 aliphatic carbocycles. The van der Waals surface area contributed by atoms with Crippen molar-refractivity contribution in [3.63, 3.8) is 0 Å². The summed E-state index contributed by atoms with van der Waals surface area (Å²) in [6, 6.07) is 5.86. The van der Waals surface area contributed by atoms with Crippen LogP contribution in [0.15, 0.2) is 67.7 Å². The minimum atomic E-state index is -6.12. The number of fused-ring (bicyclic) bond motifs is 4. The average Bonchev–Trinajstić information content (AvgIpc) is 2.88. The fourth-order valence-electron chi connectivity index (χ4n) is 4.20. The Bertz CT molecular complexity index is 2270. The zero-order valence-corrected chi connectivity index (χ0v) is 21.4. The van der Waals surface area contributed by atoms with Gasteiger partial charge in [0.15, 0.2) is 21.7 Å². The maximum atomic E-state index is 13.2. The summed E-state index contributed by atoms with van der Waals surface area (Å²) in [7, 11) is -12.2. The van der Waals surface area contributed by atoms with Crippen molar-refractivity contribution in [3.8, 4) is 11.5 Å². The van der Waals surface area contributed by atoms with E-state index in [0.717, 1.165) is 24.3 Å². The molecule has 5 aromatic rings. The Morgan fingerprint density at radius 1 is 0.429 bits per heavy atom. The van der Waals surface area contributed by atoms with Crippen LogP contribution in [0.1, 0.15) is 0 Å². The van der Waals surface area contributed by atoms with E-state index in [1.54, 1.807) is 0 Å². The van der Waals surface area contributed by atoms with Gasteiger partial charge in [-0.25, -0.2) is 0 Å². The van der Waals surface area contributed by atoms with Crippen molar-refractivity contribution in [1.29, 1.82) is 0 Å². The standard InChI is InChI=1S/C24H8F6O10S2/c25-23(26,27)41(35,36)39-9-1-3-11-13(5-9)21(33)17-8-16-18(7-15(17)19(11)31)22(34)14-6-10(2-4-12(14)20(16)32)40-42(37,38)24(28,29)30/h1-8H. The van der Waals surface area contributed by atoms with Crippen LogP contribution in [0.4, 0.5) is 26.3 Å². The first-order valence-corrected chi connectivity index (χ1v) is 13.7. The molecule has 218 valence electrons. The highest BCUT2D eigenvalue weighted by molar-refractivity contribution is 7.88. The van der Waals surface area contributed by atoms with Crippen LogP contribution in [0.3, 0.4) is 0 Å². The molecule has 0 saturated heterocycles. The molecule has 0 atom stereocenters. The number of benzene rings is 5. The van der Waals surface area contributed by atoms with Gasteiger partial charge in [-0.1, -0.05) is 0 Å². The summed E-state index contributed by atoms with van der Waals surface area (Å²) in [6.07, 6.45) is 0. The SMILES string of the molecule is O=c1c2ccc(OS(=O)(=O)C(F)(F)F)cc2c(=O)c2cc3c(=O)c4ccc(OS(=O)(=O)C(F)(F)F)cc4c(=O)c3cc12. The lowest BCUT2D eigenvalue weighted by atomic mass is 9.96. The molecule has 5 rings (SSSR count). The monoisotopic (exact) mass is 634 g/mol. The van der Waals surface area contributed by atoms with E-state index in [-0.39, 0.29) is 0 Å². The molecule has 0 amide bonds. The van der Waals surface area contributed by atoms with Gasteiger partial charge in [-0.3, -0.25) is 19.2 Å². The second-order valence-corrected chi connectivity index (χ2v) is 11.7. The molecule has 5 aromatic carbocycles. The molecule has 0 heterocycles. The number of hydrogen-bond donors (Lipinski definition) is 0. The van der Waals surface area contributed by atoms with Crippen molar-refractivity contribution < 1.29 is 51.5 Å². The first-order valence-electron chi connectivity index (χ1n) is 10.9. The first-order chi connectivity index (χ1) is 19.2. The smallest absolute Gasteiger partial charge is 0.376 e. The number of hydrogen-bond acceptors (Lipinski definition) is 10. The lowest BCUT2D eigenvalue weighted by Crippen LogP contribution is -2.28. The predicted molar refractivity (Wildman–Crippen MR) is 135 cm³/mol. The van der Waals surface area contributed by atoms with Crippen molar-refractivity contribution in [2.24, 2.45) is 0 Å². The van der Waals surface area contributed by atoms with Gasteiger partial charge in [-0.2, -0.15) is 43.2 Å². The summed E-state index contributed by atoms with van der Waals surface area (Å²) >= 11 is 0. The normalized spacial score (nSPS) is 13.3. The van der Waals surface area contributed by atoms with Gasteiger partial charge in [0.2, 0.25) is 0 Å². The van der Waals surface area contributed by atoms with E-state index < -0.39 is 108 Å². The molecule has 10 nitrogen and oxygen atoms in total. The van der Waals surface area contributed by atoms with Crippen LogP contribution in [0, 0.1) is 0 Å². The molecule has 0 unspecified atom stereocenters. The van der Waals surface area contributed by atoms with Crippen LogP contribution in [0.25, 0.3) is 43.1 Å². The lowest BCUT2D eigenvalue weighted by Gasteiger charge is -2.10. The second-order valence-electron chi connectivity index (χ2n) is 8.64. The minimum absolute atomic E-state index is 0.410. The number of alkyl halides is 6. The lowest BCUT2D eigenvalue weighted by molar-refractivity contribution is -0.0504. The third kappa shape index (κ3) is 4.42. The maximum absolute atomic E-state index is 13.2. The molecule has 0 aromatic heterocycles. The van der Waals surface area contributed by atoms with E-state index in [1.807, 2.05) is 0 Å². The van der Waals surface area contributed by atoms with Crippen LogP contribution >= 0.6 is 0 Å². The van der Waals surface area contributed by atoms with E-state index in [1.165, 1.54) is 0 Å². The Morgan fingerprint density at radius 2 is 0.690 bits per heavy atom. The highest BCUT2D eigenvalue weighted by atomic mass is 32.2. The molecule has 0 spiro atoms. The summed E-state index contributed by atoms with van der Waals surface area (Å²) in [5.74, 6) is -1.89. The molecule has 0 bridgehead atoms. The van der Waals surface area contributed by atoms with Crippen LogP contribution < -0.4 is 30.1 Å².